The Kier molecular flexibility index (Phi) is 4.65. The van der Waals surface area contributed by atoms with Crippen molar-refractivity contribution < 1.29 is 14.4 Å². The van der Waals surface area contributed by atoms with Crippen molar-refractivity contribution >= 4 is 17.5 Å². The van der Waals surface area contributed by atoms with Gasteiger partial charge in [-0.05, 0) is 26.7 Å². The number of Topliss-reactive ketones (excluding diaryl/α,β-unsaturated/α-hetero) is 2. The van der Waals surface area contributed by atoms with Crippen molar-refractivity contribution in [2.75, 3.05) is 13.1 Å². The summed E-state index contributed by atoms with van der Waals surface area (Å²) in [7, 11) is 0. The van der Waals surface area contributed by atoms with E-state index in [-0.39, 0.29) is 23.4 Å². The summed E-state index contributed by atoms with van der Waals surface area (Å²) in [6.07, 6.45) is 2.16. The molecule has 0 atom stereocenters. The van der Waals surface area contributed by atoms with Gasteiger partial charge in [0.1, 0.15) is 11.6 Å². The first-order valence-corrected chi connectivity index (χ1v) is 5.78. The highest BCUT2D eigenvalue weighted by Crippen LogP contribution is 2.18. The quantitative estimate of drug-likeness (QED) is 0.722. The van der Waals surface area contributed by atoms with Crippen LogP contribution in [0.3, 0.4) is 0 Å². The molecule has 1 aliphatic heterocycles. The van der Waals surface area contributed by atoms with E-state index in [4.69, 9.17) is 0 Å². The number of nitrogens with zero attached hydrogens (tertiary/aromatic N) is 1. The first kappa shape index (κ1) is 12.9. The molecule has 0 N–H and O–H groups in total. The van der Waals surface area contributed by atoms with Crippen LogP contribution in [0, 0.1) is 5.92 Å². The van der Waals surface area contributed by atoms with E-state index in [1.165, 1.54) is 6.92 Å². The SMILES string of the molecule is CC(=O)CCC(=O)N1CCC(C(C)=O)CC1. The van der Waals surface area contributed by atoms with Crippen molar-refractivity contribution in [2.24, 2.45) is 5.92 Å². The van der Waals surface area contributed by atoms with Gasteiger partial charge in [-0.3, -0.25) is 9.59 Å². The van der Waals surface area contributed by atoms with Crippen LogP contribution in [-0.4, -0.2) is 35.5 Å². The summed E-state index contributed by atoms with van der Waals surface area (Å²) in [6, 6.07) is 0. The van der Waals surface area contributed by atoms with E-state index < -0.39 is 0 Å². The van der Waals surface area contributed by atoms with Crippen molar-refractivity contribution in [1.29, 1.82) is 0 Å². The van der Waals surface area contributed by atoms with Crippen LogP contribution in [-0.2, 0) is 14.4 Å². The third-order valence-electron chi connectivity index (χ3n) is 3.11. The van der Waals surface area contributed by atoms with E-state index in [0.29, 0.717) is 25.9 Å². The molecule has 0 radical (unpaired) electrons. The summed E-state index contributed by atoms with van der Waals surface area (Å²) in [4.78, 5) is 35.3. The van der Waals surface area contributed by atoms with E-state index in [9.17, 15) is 14.4 Å². The van der Waals surface area contributed by atoms with E-state index in [1.807, 2.05) is 0 Å². The summed E-state index contributed by atoms with van der Waals surface area (Å²) < 4.78 is 0. The minimum absolute atomic E-state index is 0.0391. The predicted octanol–water partition coefficient (Wildman–Crippen LogP) is 1.18. The lowest BCUT2D eigenvalue weighted by Gasteiger charge is -2.30. The van der Waals surface area contributed by atoms with Crippen LogP contribution < -0.4 is 0 Å². The highest BCUT2D eigenvalue weighted by atomic mass is 16.2. The molecule has 1 rings (SSSR count). The van der Waals surface area contributed by atoms with E-state index >= 15 is 0 Å². The molecule has 90 valence electrons. The second kappa shape index (κ2) is 5.77. The highest BCUT2D eigenvalue weighted by molar-refractivity contribution is 5.84. The second-order valence-corrected chi connectivity index (χ2v) is 4.47. The van der Waals surface area contributed by atoms with Gasteiger partial charge in [-0.15, -0.1) is 0 Å². The number of carbonyl (C=O) groups is 3. The molecule has 1 aliphatic rings. The van der Waals surface area contributed by atoms with Gasteiger partial charge in [0.15, 0.2) is 0 Å². The van der Waals surface area contributed by atoms with Gasteiger partial charge in [0.2, 0.25) is 5.91 Å². The molecule has 0 saturated carbocycles. The third-order valence-corrected chi connectivity index (χ3v) is 3.11. The molecule has 0 spiro atoms. The van der Waals surface area contributed by atoms with Gasteiger partial charge in [-0.1, -0.05) is 0 Å². The summed E-state index contributed by atoms with van der Waals surface area (Å²) in [5.41, 5.74) is 0. The molecule has 16 heavy (non-hydrogen) atoms. The Hall–Kier alpha value is -1.19. The van der Waals surface area contributed by atoms with Crippen LogP contribution in [0.25, 0.3) is 0 Å². The number of carbonyl (C=O) groups excluding carboxylic acids is 3. The average molecular weight is 225 g/mol. The molecular weight excluding hydrogens is 206 g/mol. The molecule has 1 heterocycles. The Bertz CT molecular complexity index is 291. The van der Waals surface area contributed by atoms with E-state index in [1.54, 1.807) is 11.8 Å². The fraction of sp³-hybridized carbons (Fsp3) is 0.750. The zero-order chi connectivity index (χ0) is 12.1. The Labute approximate surface area is 96.0 Å². The van der Waals surface area contributed by atoms with Gasteiger partial charge < -0.3 is 9.69 Å². The lowest BCUT2D eigenvalue weighted by Crippen LogP contribution is -2.39. The van der Waals surface area contributed by atoms with Crippen LogP contribution in [0.4, 0.5) is 0 Å². The minimum atomic E-state index is 0.0391. The van der Waals surface area contributed by atoms with Crippen LogP contribution in [0.2, 0.25) is 0 Å². The Morgan fingerprint density at radius 3 is 2.06 bits per heavy atom. The Balaban J connectivity index is 2.33. The molecular formula is C12H19NO3. The molecule has 1 saturated heterocycles. The Morgan fingerprint density at radius 2 is 1.62 bits per heavy atom. The maximum atomic E-state index is 11.7. The van der Waals surface area contributed by atoms with Crippen LogP contribution in [0.15, 0.2) is 0 Å². The predicted molar refractivity (Wildman–Crippen MR) is 59.9 cm³/mol. The van der Waals surface area contributed by atoms with Crippen molar-refractivity contribution in [2.45, 2.75) is 39.5 Å². The fourth-order valence-corrected chi connectivity index (χ4v) is 1.98. The zero-order valence-corrected chi connectivity index (χ0v) is 9.99. The van der Waals surface area contributed by atoms with E-state index in [2.05, 4.69) is 0 Å². The van der Waals surface area contributed by atoms with Gasteiger partial charge in [-0.2, -0.15) is 0 Å². The van der Waals surface area contributed by atoms with Crippen molar-refractivity contribution in [3.8, 4) is 0 Å². The number of amides is 1. The zero-order valence-electron chi connectivity index (χ0n) is 9.99. The van der Waals surface area contributed by atoms with E-state index in [0.717, 1.165) is 12.8 Å². The van der Waals surface area contributed by atoms with Gasteiger partial charge in [0.05, 0.1) is 0 Å². The topological polar surface area (TPSA) is 54.5 Å². The largest absolute Gasteiger partial charge is 0.343 e. The van der Waals surface area contributed by atoms with Gasteiger partial charge in [-0.25, -0.2) is 0 Å². The molecule has 4 nitrogen and oxygen atoms in total. The average Bonchev–Trinajstić information content (AvgIpc) is 2.26. The van der Waals surface area contributed by atoms with Gasteiger partial charge >= 0.3 is 0 Å². The lowest BCUT2D eigenvalue weighted by atomic mass is 9.93. The first-order valence-electron chi connectivity index (χ1n) is 5.78. The molecule has 0 aliphatic carbocycles. The van der Waals surface area contributed by atoms with Gasteiger partial charge in [0.25, 0.3) is 0 Å². The smallest absolute Gasteiger partial charge is 0.223 e. The summed E-state index contributed by atoms with van der Waals surface area (Å²) >= 11 is 0. The number of hydrogen-bond acceptors (Lipinski definition) is 3. The normalized spacial score (nSPS) is 17.2. The number of piperidine rings is 1. The second-order valence-electron chi connectivity index (χ2n) is 4.47. The lowest BCUT2D eigenvalue weighted by molar-refractivity contribution is -0.135. The summed E-state index contributed by atoms with van der Waals surface area (Å²) in [6.45, 7) is 4.41. The van der Waals surface area contributed by atoms with Crippen molar-refractivity contribution in [1.82, 2.24) is 4.90 Å². The molecule has 1 fully saturated rings. The monoisotopic (exact) mass is 225 g/mol. The molecule has 1 amide bonds. The van der Waals surface area contributed by atoms with Crippen LogP contribution >= 0.6 is 0 Å². The number of likely N-dealkylation sites (tertiary alicyclic amines) is 1. The molecule has 0 aromatic heterocycles. The summed E-state index contributed by atoms with van der Waals surface area (Å²) in [5.74, 6) is 0.428. The maximum Gasteiger partial charge on any atom is 0.223 e. The number of hydrogen-bond donors (Lipinski definition) is 0. The minimum Gasteiger partial charge on any atom is -0.343 e. The Morgan fingerprint density at radius 1 is 1.06 bits per heavy atom. The van der Waals surface area contributed by atoms with Crippen LogP contribution in [0.1, 0.15) is 39.5 Å². The maximum absolute atomic E-state index is 11.7. The molecule has 0 aromatic carbocycles. The first-order chi connectivity index (χ1) is 7.50. The number of ketones is 2. The third kappa shape index (κ3) is 3.76. The number of rotatable bonds is 4. The van der Waals surface area contributed by atoms with Crippen molar-refractivity contribution in [3.05, 3.63) is 0 Å². The summed E-state index contributed by atoms with van der Waals surface area (Å²) in [5, 5.41) is 0. The molecule has 4 heteroatoms. The standard InChI is InChI=1S/C12H19NO3/c1-9(14)3-4-12(16)13-7-5-11(6-8-13)10(2)15/h11H,3-8H2,1-2H3. The molecule has 0 aromatic rings. The van der Waals surface area contributed by atoms with Crippen LogP contribution in [0.5, 0.6) is 0 Å². The highest BCUT2D eigenvalue weighted by Gasteiger charge is 2.24. The molecule has 0 unspecified atom stereocenters. The van der Waals surface area contributed by atoms with Gasteiger partial charge in [0, 0.05) is 31.8 Å². The molecule has 0 bridgehead atoms. The van der Waals surface area contributed by atoms with Crippen molar-refractivity contribution in [3.63, 3.8) is 0 Å². The fourth-order valence-electron chi connectivity index (χ4n) is 1.98.